The summed E-state index contributed by atoms with van der Waals surface area (Å²) in [5.74, 6) is 1.99. The molecule has 0 bridgehead atoms. The van der Waals surface area contributed by atoms with Crippen LogP contribution in [0.1, 0.15) is 18.6 Å². The Balaban J connectivity index is 1.76. The molecule has 6 nitrogen and oxygen atoms in total. The van der Waals surface area contributed by atoms with Crippen molar-refractivity contribution < 1.29 is 13.9 Å². The van der Waals surface area contributed by atoms with E-state index in [0.29, 0.717) is 23.9 Å². The van der Waals surface area contributed by atoms with E-state index in [1.807, 2.05) is 25.1 Å². The molecule has 6 heteroatoms. The molecule has 1 heterocycles. The van der Waals surface area contributed by atoms with E-state index in [4.69, 9.17) is 9.15 Å². The third kappa shape index (κ3) is 4.61. The molecule has 0 radical (unpaired) electrons. The Hall–Kier alpha value is -2.34. The second-order valence-corrected chi connectivity index (χ2v) is 4.46. The van der Waals surface area contributed by atoms with Crippen LogP contribution in [0.3, 0.4) is 0 Å². The molecule has 1 amide bonds. The summed E-state index contributed by atoms with van der Waals surface area (Å²) in [5, 5.41) is 5.78. The Morgan fingerprint density at radius 2 is 2.29 bits per heavy atom. The van der Waals surface area contributed by atoms with Gasteiger partial charge in [-0.25, -0.2) is 4.98 Å². The number of nitrogens with one attached hydrogen (secondary N) is 2. The smallest absolute Gasteiger partial charge is 0.238 e. The average molecular weight is 289 g/mol. The van der Waals surface area contributed by atoms with E-state index in [1.54, 1.807) is 19.4 Å². The molecule has 0 aliphatic heterocycles. The Bertz CT molecular complexity index is 595. The Morgan fingerprint density at radius 3 is 3.00 bits per heavy atom. The number of hydrogen-bond donors (Lipinski definition) is 2. The van der Waals surface area contributed by atoms with Crippen molar-refractivity contribution in [3.8, 4) is 5.75 Å². The number of benzene rings is 1. The van der Waals surface area contributed by atoms with E-state index in [1.165, 1.54) is 0 Å². The maximum absolute atomic E-state index is 11.8. The number of carbonyl (C=O) groups excluding carboxylic acids is 1. The zero-order chi connectivity index (χ0) is 15.1. The number of hydrogen-bond acceptors (Lipinski definition) is 5. The first kappa shape index (κ1) is 15.1. The summed E-state index contributed by atoms with van der Waals surface area (Å²) in [6, 6.07) is 7.21. The fourth-order valence-electron chi connectivity index (χ4n) is 1.78. The monoisotopic (exact) mass is 289 g/mol. The fourth-order valence-corrected chi connectivity index (χ4v) is 1.78. The van der Waals surface area contributed by atoms with Gasteiger partial charge in [0, 0.05) is 18.2 Å². The molecule has 0 aliphatic rings. The lowest BCUT2D eigenvalue weighted by Gasteiger charge is -2.07. The lowest BCUT2D eigenvalue weighted by Crippen LogP contribution is -2.27. The third-order valence-corrected chi connectivity index (χ3v) is 2.87. The predicted molar refractivity (Wildman–Crippen MR) is 79.2 cm³/mol. The minimum absolute atomic E-state index is 0.134. The Labute approximate surface area is 123 Å². The molecule has 0 fully saturated rings. The number of ether oxygens (including phenoxy) is 1. The van der Waals surface area contributed by atoms with E-state index in [2.05, 4.69) is 15.6 Å². The molecular weight excluding hydrogens is 270 g/mol. The highest BCUT2D eigenvalue weighted by molar-refractivity contribution is 5.92. The van der Waals surface area contributed by atoms with Crippen LogP contribution in [-0.4, -0.2) is 24.5 Å². The topological polar surface area (TPSA) is 76.4 Å². The van der Waals surface area contributed by atoms with Gasteiger partial charge in [0.1, 0.15) is 11.5 Å². The van der Waals surface area contributed by atoms with Crippen LogP contribution >= 0.6 is 0 Å². The quantitative estimate of drug-likeness (QED) is 0.815. The van der Waals surface area contributed by atoms with Gasteiger partial charge >= 0.3 is 0 Å². The molecule has 112 valence electrons. The minimum Gasteiger partial charge on any atom is -0.497 e. The van der Waals surface area contributed by atoms with E-state index >= 15 is 0 Å². The van der Waals surface area contributed by atoms with Crippen LogP contribution in [0.25, 0.3) is 0 Å². The summed E-state index contributed by atoms with van der Waals surface area (Å²) in [7, 11) is 1.59. The lowest BCUT2D eigenvalue weighted by molar-refractivity contribution is -0.115. The summed E-state index contributed by atoms with van der Waals surface area (Å²) < 4.78 is 10.5. The molecule has 0 aliphatic carbocycles. The molecule has 1 aromatic carbocycles. The summed E-state index contributed by atoms with van der Waals surface area (Å²) in [6.45, 7) is 2.60. The molecule has 0 saturated heterocycles. The SMILES string of the molecule is CCc1cnc(CNCC(=O)Nc2cccc(OC)c2)o1. The van der Waals surface area contributed by atoms with E-state index in [0.717, 1.165) is 12.2 Å². The minimum atomic E-state index is -0.134. The van der Waals surface area contributed by atoms with Crippen molar-refractivity contribution in [2.45, 2.75) is 19.9 Å². The number of carbonyl (C=O) groups is 1. The number of aryl methyl sites for hydroxylation is 1. The standard InChI is InChI=1S/C15H19N3O3/c1-3-12-8-17-15(21-12)10-16-9-14(19)18-11-5-4-6-13(7-11)20-2/h4-8,16H,3,9-10H2,1-2H3,(H,18,19). The van der Waals surface area contributed by atoms with Crippen molar-refractivity contribution in [3.63, 3.8) is 0 Å². The maximum atomic E-state index is 11.8. The summed E-state index contributed by atoms with van der Waals surface area (Å²) in [4.78, 5) is 15.9. The lowest BCUT2D eigenvalue weighted by atomic mass is 10.3. The van der Waals surface area contributed by atoms with Crippen LogP contribution in [0.15, 0.2) is 34.9 Å². The van der Waals surface area contributed by atoms with Gasteiger partial charge in [0.05, 0.1) is 26.4 Å². The number of anilines is 1. The van der Waals surface area contributed by atoms with Gasteiger partial charge in [-0.15, -0.1) is 0 Å². The molecule has 21 heavy (non-hydrogen) atoms. The van der Waals surface area contributed by atoms with Crippen LogP contribution in [0.5, 0.6) is 5.75 Å². The first-order valence-electron chi connectivity index (χ1n) is 6.79. The zero-order valence-corrected chi connectivity index (χ0v) is 12.2. The zero-order valence-electron chi connectivity index (χ0n) is 12.2. The summed E-state index contributed by atoms with van der Waals surface area (Å²) in [5.41, 5.74) is 0.700. The molecular formula is C15H19N3O3. The number of oxazole rings is 1. The maximum Gasteiger partial charge on any atom is 0.238 e. The second kappa shape index (κ2) is 7.44. The molecule has 2 N–H and O–H groups in total. The van der Waals surface area contributed by atoms with E-state index < -0.39 is 0 Å². The molecule has 0 spiro atoms. The molecule has 2 aromatic rings. The van der Waals surface area contributed by atoms with Gasteiger partial charge in [0.2, 0.25) is 11.8 Å². The van der Waals surface area contributed by atoms with Crippen molar-refractivity contribution in [2.75, 3.05) is 19.0 Å². The predicted octanol–water partition coefficient (Wildman–Crippen LogP) is 1.97. The second-order valence-electron chi connectivity index (χ2n) is 4.46. The van der Waals surface area contributed by atoms with Crippen molar-refractivity contribution in [2.24, 2.45) is 0 Å². The van der Waals surface area contributed by atoms with Crippen LogP contribution in [-0.2, 0) is 17.8 Å². The molecule has 0 saturated carbocycles. The van der Waals surface area contributed by atoms with Gasteiger partial charge in [-0.2, -0.15) is 0 Å². The van der Waals surface area contributed by atoms with E-state index in [-0.39, 0.29) is 12.5 Å². The van der Waals surface area contributed by atoms with Gasteiger partial charge in [-0.05, 0) is 12.1 Å². The largest absolute Gasteiger partial charge is 0.497 e. The van der Waals surface area contributed by atoms with Crippen LogP contribution in [0.4, 0.5) is 5.69 Å². The fraction of sp³-hybridized carbons (Fsp3) is 0.333. The van der Waals surface area contributed by atoms with Crippen molar-refractivity contribution in [1.82, 2.24) is 10.3 Å². The van der Waals surface area contributed by atoms with Gasteiger partial charge in [-0.3, -0.25) is 10.1 Å². The van der Waals surface area contributed by atoms with Crippen molar-refractivity contribution in [1.29, 1.82) is 0 Å². The van der Waals surface area contributed by atoms with Crippen LogP contribution in [0, 0.1) is 0 Å². The van der Waals surface area contributed by atoms with Gasteiger partial charge in [0.25, 0.3) is 0 Å². The molecule has 2 rings (SSSR count). The molecule has 0 atom stereocenters. The first-order valence-corrected chi connectivity index (χ1v) is 6.79. The van der Waals surface area contributed by atoms with Crippen LogP contribution in [0.2, 0.25) is 0 Å². The third-order valence-electron chi connectivity index (χ3n) is 2.87. The van der Waals surface area contributed by atoms with Gasteiger partial charge in [0.15, 0.2) is 0 Å². The highest BCUT2D eigenvalue weighted by Crippen LogP contribution is 2.16. The number of rotatable bonds is 7. The Morgan fingerprint density at radius 1 is 1.43 bits per heavy atom. The molecule has 1 aromatic heterocycles. The van der Waals surface area contributed by atoms with Crippen molar-refractivity contribution in [3.05, 3.63) is 42.1 Å². The Kier molecular flexibility index (Phi) is 5.34. The van der Waals surface area contributed by atoms with Gasteiger partial charge in [-0.1, -0.05) is 13.0 Å². The number of nitrogens with zero attached hydrogens (tertiary/aromatic N) is 1. The van der Waals surface area contributed by atoms with Gasteiger partial charge < -0.3 is 14.5 Å². The highest BCUT2D eigenvalue weighted by atomic mass is 16.5. The highest BCUT2D eigenvalue weighted by Gasteiger charge is 2.05. The number of aromatic nitrogens is 1. The molecule has 0 unspecified atom stereocenters. The summed E-state index contributed by atoms with van der Waals surface area (Å²) >= 11 is 0. The van der Waals surface area contributed by atoms with Crippen molar-refractivity contribution >= 4 is 11.6 Å². The van der Waals surface area contributed by atoms with E-state index in [9.17, 15) is 4.79 Å². The first-order chi connectivity index (χ1) is 10.2. The van der Waals surface area contributed by atoms with Crippen LogP contribution < -0.4 is 15.4 Å². The normalized spacial score (nSPS) is 10.4. The number of methoxy groups -OCH3 is 1. The average Bonchev–Trinajstić information content (AvgIpc) is 2.95. The summed E-state index contributed by atoms with van der Waals surface area (Å²) in [6.07, 6.45) is 2.51. The number of amides is 1.